The number of benzene rings is 1. The number of carbonyl (C=O) groups is 1. The molecular weight excluding hydrogens is 288 g/mol. The maximum atomic E-state index is 11.9. The molecule has 0 bridgehead atoms. The van der Waals surface area contributed by atoms with Crippen molar-refractivity contribution < 1.29 is 13.2 Å². The van der Waals surface area contributed by atoms with E-state index < -0.39 is 9.84 Å². The Balaban J connectivity index is 2.73. The standard InChI is InChI=1S/C15H24N2O3S/c1-5-10-21(19,20)14-8-6-13(7-9-14)17-12(4)15(18)16-11(2)3/h6-9,11-12,17H,5,10H2,1-4H3,(H,16,18). The minimum atomic E-state index is -3.19. The van der Waals surface area contributed by atoms with Crippen molar-refractivity contribution in [2.24, 2.45) is 0 Å². The first kappa shape index (κ1) is 17.5. The highest BCUT2D eigenvalue weighted by molar-refractivity contribution is 7.91. The topological polar surface area (TPSA) is 75.3 Å². The summed E-state index contributed by atoms with van der Waals surface area (Å²) >= 11 is 0. The first-order valence-corrected chi connectivity index (χ1v) is 8.81. The largest absolute Gasteiger partial charge is 0.374 e. The number of nitrogens with one attached hydrogen (secondary N) is 2. The van der Waals surface area contributed by atoms with Crippen LogP contribution in [-0.4, -0.2) is 32.2 Å². The van der Waals surface area contributed by atoms with E-state index in [9.17, 15) is 13.2 Å². The predicted octanol–water partition coefficient (Wildman–Crippen LogP) is 2.20. The molecule has 21 heavy (non-hydrogen) atoms. The minimum Gasteiger partial charge on any atom is -0.374 e. The maximum absolute atomic E-state index is 11.9. The summed E-state index contributed by atoms with van der Waals surface area (Å²) in [6.07, 6.45) is 0.592. The molecule has 0 aromatic heterocycles. The molecule has 0 saturated carbocycles. The lowest BCUT2D eigenvalue weighted by Gasteiger charge is -2.17. The number of hydrogen-bond acceptors (Lipinski definition) is 4. The van der Waals surface area contributed by atoms with Crippen LogP contribution in [0, 0.1) is 0 Å². The van der Waals surface area contributed by atoms with Crippen LogP contribution in [0.1, 0.15) is 34.1 Å². The first-order valence-electron chi connectivity index (χ1n) is 7.16. The summed E-state index contributed by atoms with van der Waals surface area (Å²) in [5.41, 5.74) is 0.719. The molecule has 6 heteroatoms. The fourth-order valence-corrected chi connectivity index (χ4v) is 3.19. The number of sulfone groups is 1. The highest BCUT2D eigenvalue weighted by Gasteiger charge is 2.15. The van der Waals surface area contributed by atoms with Gasteiger partial charge in [-0.1, -0.05) is 6.92 Å². The molecule has 1 atom stereocenters. The Bertz CT molecular complexity index is 565. The van der Waals surface area contributed by atoms with Gasteiger partial charge in [-0.15, -0.1) is 0 Å². The second-order valence-electron chi connectivity index (χ2n) is 5.37. The molecule has 2 N–H and O–H groups in total. The Morgan fingerprint density at radius 3 is 2.19 bits per heavy atom. The smallest absolute Gasteiger partial charge is 0.242 e. The van der Waals surface area contributed by atoms with E-state index >= 15 is 0 Å². The van der Waals surface area contributed by atoms with Crippen molar-refractivity contribution in [3.63, 3.8) is 0 Å². The van der Waals surface area contributed by atoms with Crippen LogP contribution < -0.4 is 10.6 Å². The fourth-order valence-electron chi connectivity index (χ4n) is 1.87. The number of hydrogen-bond donors (Lipinski definition) is 2. The molecule has 1 aromatic rings. The molecule has 1 amide bonds. The van der Waals surface area contributed by atoms with Gasteiger partial charge in [0.2, 0.25) is 5.91 Å². The van der Waals surface area contributed by atoms with Crippen molar-refractivity contribution >= 4 is 21.4 Å². The third-order valence-electron chi connectivity index (χ3n) is 2.89. The Morgan fingerprint density at radius 2 is 1.71 bits per heavy atom. The molecule has 0 fully saturated rings. The van der Waals surface area contributed by atoms with E-state index in [1.807, 2.05) is 20.8 Å². The lowest BCUT2D eigenvalue weighted by molar-refractivity contribution is -0.122. The number of rotatable bonds is 7. The van der Waals surface area contributed by atoms with Gasteiger partial charge in [0.05, 0.1) is 10.6 Å². The maximum Gasteiger partial charge on any atom is 0.242 e. The Labute approximate surface area is 127 Å². The van der Waals surface area contributed by atoms with Crippen molar-refractivity contribution in [3.05, 3.63) is 24.3 Å². The minimum absolute atomic E-state index is 0.0864. The average Bonchev–Trinajstić information content (AvgIpc) is 2.38. The normalized spacial score (nSPS) is 13.0. The van der Waals surface area contributed by atoms with E-state index in [-0.39, 0.29) is 23.7 Å². The Hall–Kier alpha value is -1.56. The van der Waals surface area contributed by atoms with E-state index in [0.717, 1.165) is 5.69 Å². The molecule has 1 unspecified atom stereocenters. The van der Waals surface area contributed by atoms with Crippen LogP contribution >= 0.6 is 0 Å². The summed E-state index contributed by atoms with van der Waals surface area (Å²) in [5.74, 6) is 0.0557. The van der Waals surface area contributed by atoms with Gasteiger partial charge in [-0.05, 0) is 51.5 Å². The van der Waals surface area contributed by atoms with Gasteiger partial charge in [0.25, 0.3) is 0 Å². The van der Waals surface area contributed by atoms with Gasteiger partial charge in [-0.2, -0.15) is 0 Å². The molecule has 0 saturated heterocycles. The zero-order chi connectivity index (χ0) is 16.0. The Kier molecular flexibility index (Phi) is 6.20. The fraction of sp³-hybridized carbons (Fsp3) is 0.533. The molecule has 0 aliphatic rings. The molecule has 0 spiro atoms. The molecule has 0 aliphatic heterocycles. The van der Waals surface area contributed by atoms with Crippen LogP contribution in [0.3, 0.4) is 0 Å². The molecule has 0 heterocycles. The summed E-state index contributed by atoms with van der Waals surface area (Å²) in [7, 11) is -3.19. The van der Waals surface area contributed by atoms with Gasteiger partial charge in [0, 0.05) is 11.7 Å². The van der Waals surface area contributed by atoms with Crippen molar-refractivity contribution in [3.8, 4) is 0 Å². The molecule has 0 aliphatic carbocycles. The van der Waals surface area contributed by atoms with Crippen molar-refractivity contribution in [2.75, 3.05) is 11.1 Å². The molecule has 118 valence electrons. The van der Waals surface area contributed by atoms with E-state index in [4.69, 9.17) is 0 Å². The first-order chi connectivity index (χ1) is 9.76. The number of anilines is 1. The van der Waals surface area contributed by atoms with Gasteiger partial charge in [0.1, 0.15) is 6.04 Å². The summed E-state index contributed by atoms with van der Waals surface area (Å²) < 4.78 is 23.8. The second-order valence-corrected chi connectivity index (χ2v) is 7.48. The molecule has 1 aromatic carbocycles. The van der Waals surface area contributed by atoms with Crippen LogP contribution in [0.25, 0.3) is 0 Å². The van der Waals surface area contributed by atoms with Crippen LogP contribution in [0.15, 0.2) is 29.2 Å². The highest BCUT2D eigenvalue weighted by Crippen LogP contribution is 2.16. The SMILES string of the molecule is CCCS(=O)(=O)c1ccc(NC(C)C(=O)NC(C)C)cc1. The van der Waals surface area contributed by atoms with Gasteiger partial charge in [-0.3, -0.25) is 4.79 Å². The Morgan fingerprint density at radius 1 is 1.14 bits per heavy atom. The number of amides is 1. The van der Waals surface area contributed by atoms with Gasteiger partial charge in [-0.25, -0.2) is 8.42 Å². The molecule has 1 rings (SSSR count). The van der Waals surface area contributed by atoms with Crippen molar-refractivity contribution in [2.45, 2.75) is 51.1 Å². The predicted molar refractivity (Wildman–Crippen MR) is 85.1 cm³/mol. The summed E-state index contributed by atoms with van der Waals surface area (Å²) in [4.78, 5) is 12.1. The van der Waals surface area contributed by atoms with Crippen molar-refractivity contribution in [1.82, 2.24) is 5.32 Å². The molecular formula is C15H24N2O3S. The summed E-state index contributed by atoms with van der Waals surface area (Å²) in [6, 6.07) is 6.21. The summed E-state index contributed by atoms with van der Waals surface area (Å²) in [5, 5.41) is 5.87. The van der Waals surface area contributed by atoms with Crippen molar-refractivity contribution in [1.29, 1.82) is 0 Å². The van der Waals surface area contributed by atoms with Crippen LogP contribution in [0.2, 0.25) is 0 Å². The van der Waals surface area contributed by atoms with Gasteiger partial charge < -0.3 is 10.6 Å². The van der Waals surface area contributed by atoms with Gasteiger partial charge >= 0.3 is 0 Å². The summed E-state index contributed by atoms with van der Waals surface area (Å²) in [6.45, 7) is 7.40. The molecule has 0 radical (unpaired) electrons. The van der Waals surface area contributed by atoms with E-state index in [2.05, 4.69) is 10.6 Å². The van der Waals surface area contributed by atoms with Crippen LogP contribution in [0.5, 0.6) is 0 Å². The zero-order valence-corrected chi connectivity index (χ0v) is 13.8. The average molecular weight is 312 g/mol. The van der Waals surface area contributed by atoms with Crippen LogP contribution in [0.4, 0.5) is 5.69 Å². The monoisotopic (exact) mass is 312 g/mol. The number of carbonyl (C=O) groups excluding carboxylic acids is 1. The third kappa shape index (κ3) is 5.38. The van der Waals surface area contributed by atoms with Crippen LogP contribution in [-0.2, 0) is 14.6 Å². The highest BCUT2D eigenvalue weighted by atomic mass is 32.2. The molecule has 5 nitrogen and oxygen atoms in total. The lowest BCUT2D eigenvalue weighted by Crippen LogP contribution is -2.40. The quantitative estimate of drug-likeness (QED) is 0.809. The van der Waals surface area contributed by atoms with E-state index in [1.54, 1.807) is 31.2 Å². The zero-order valence-electron chi connectivity index (χ0n) is 13.0. The second kappa shape index (κ2) is 7.45. The van der Waals surface area contributed by atoms with E-state index in [0.29, 0.717) is 11.3 Å². The van der Waals surface area contributed by atoms with Gasteiger partial charge in [0.15, 0.2) is 9.84 Å². The lowest BCUT2D eigenvalue weighted by atomic mass is 10.2. The van der Waals surface area contributed by atoms with E-state index in [1.165, 1.54) is 0 Å². The third-order valence-corrected chi connectivity index (χ3v) is 4.83.